The first-order valence-corrected chi connectivity index (χ1v) is 7.80. The van der Waals surface area contributed by atoms with E-state index in [2.05, 4.69) is 45.0 Å². The first kappa shape index (κ1) is 14.2. The number of rotatable bonds is 5. The summed E-state index contributed by atoms with van der Waals surface area (Å²) in [7, 11) is 0. The van der Waals surface area contributed by atoms with E-state index in [0.717, 1.165) is 49.8 Å². The second kappa shape index (κ2) is 6.35. The van der Waals surface area contributed by atoms with Gasteiger partial charge in [0.05, 0.1) is 0 Å². The van der Waals surface area contributed by atoms with Gasteiger partial charge in [-0.15, -0.1) is 10.2 Å². The van der Waals surface area contributed by atoms with Gasteiger partial charge in [0, 0.05) is 37.8 Å². The summed E-state index contributed by atoms with van der Waals surface area (Å²) in [5.41, 5.74) is 2.40. The van der Waals surface area contributed by atoms with Gasteiger partial charge in [0.1, 0.15) is 11.6 Å². The molecule has 3 heterocycles. The normalized spacial score (nSPS) is 17.7. The maximum absolute atomic E-state index is 4.33. The van der Waals surface area contributed by atoms with Crippen LogP contribution in [0.25, 0.3) is 0 Å². The number of hydrogen-bond donors (Lipinski definition) is 1. The van der Waals surface area contributed by atoms with Crippen molar-refractivity contribution in [1.29, 1.82) is 0 Å². The summed E-state index contributed by atoms with van der Waals surface area (Å²) >= 11 is 0. The van der Waals surface area contributed by atoms with Crippen LogP contribution < -0.4 is 5.32 Å². The van der Waals surface area contributed by atoms with E-state index in [-0.39, 0.29) is 0 Å². The zero-order chi connectivity index (χ0) is 14.7. The highest BCUT2D eigenvalue weighted by atomic mass is 15.3. The number of nitrogens with one attached hydrogen (secondary N) is 1. The van der Waals surface area contributed by atoms with Gasteiger partial charge in [-0.2, -0.15) is 0 Å². The van der Waals surface area contributed by atoms with Gasteiger partial charge in [0.2, 0.25) is 0 Å². The van der Waals surface area contributed by atoms with E-state index in [9.17, 15) is 0 Å². The third kappa shape index (κ3) is 3.13. The molecule has 0 unspecified atom stereocenters. The monoisotopic (exact) mass is 285 g/mol. The summed E-state index contributed by atoms with van der Waals surface area (Å²) in [5.74, 6) is 2.94. The second-order valence-corrected chi connectivity index (χ2v) is 5.78. The van der Waals surface area contributed by atoms with E-state index in [4.69, 9.17) is 0 Å². The van der Waals surface area contributed by atoms with Gasteiger partial charge in [-0.1, -0.05) is 13.0 Å². The van der Waals surface area contributed by atoms with Crippen molar-refractivity contribution in [2.75, 3.05) is 6.54 Å². The Morgan fingerprint density at radius 1 is 1.38 bits per heavy atom. The van der Waals surface area contributed by atoms with Gasteiger partial charge < -0.3 is 9.88 Å². The summed E-state index contributed by atoms with van der Waals surface area (Å²) in [4.78, 5) is 4.33. The van der Waals surface area contributed by atoms with Crippen LogP contribution in [0.4, 0.5) is 0 Å². The summed E-state index contributed by atoms with van der Waals surface area (Å²) in [6, 6.07) is 4.14. The minimum atomic E-state index is 0.663. The molecule has 2 aromatic heterocycles. The van der Waals surface area contributed by atoms with Crippen molar-refractivity contribution in [3.8, 4) is 0 Å². The van der Waals surface area contributed by atoms with E-state index < -0.39 is 0 Å². The van der Waals surface area contributed by atoms with Crippen LogP contribution in [0.3, 0.4) is 0 Å². The molecule has 1 aliphatic heterocycles. The zero-order valence-electron chi connectivity index (χ0n) is 12.8. The first-order chi connectivity index (χ1) is 10.3. The van der Waals surface area contributed by atoms with Crippen LogP contribution in [-0.4, -0.2) is 26.3 Å². The summed E-state index contributed by atoms with van der Waals surface area (Å²) in [5, 5.41) is 12.1. The number of hydrogen-bond acceptors (Lipinski definition) is 4. The fourth-order valence-electron chi connectivity index (χ4n) is 2.99. The third-order valence-electron chi connectivity index (χ3n) is 4.30. The molecule has 1 N–H and O–H groups in total. The van der Waals surface area contributed by atoms with E-state index in [1.165, 1.54) is 12.0 Å². The Morgan fingerprint density at radius 2 is 2.29 bits per heavy atom. The molecule has 1 atom stereocenters. The van der Waals surface area contributed by atoms with E-state index >= 15 is 0 Å². The van der Waals surface area contributed by atoms with Crippen LogP contribution in [-0.2, 0) is 25.9 Å². The highest BCUT2D eigenvalue weighted by Crippen LogP contribution is 2.20. The van der Waals surface area contributed by atoms with Crippen molar-refractivity contribution in [3.05, 3.63) is 41.2 Å². The van der Waals surface area contributed by atoms with Gasteiger partial charge >= 0.3 is 0 Å². The van der Waals surface area contributed by atoms with Crippen molar-refractivity contribution < 1.29 is 0 Å². The summed E-state index contributed by atoms with van der Waals surface area (Å²) in [6.45, 7) is 7.18. The smallest absolute Gasteiger partial charge is 0.133 e. The maximum Gasteiger partial charge on any atom is 0.133 e. The number of pyridine rings is 1. The molecule has 0 radical (unpaired) electrons. The number of fused-ring (bicyclic) bond motifs is 1. The first-order valence-electron chi connectivity index (χ1n) is 7.80. The molecule has 0 spiro atoms. The van der Waals surface area contributed by atoms with Crippen LogP contribution in [0.2, 0.25) is 0 Å². The molecule has 5 nitrogen and oxygen atoms in total. The minimum absolute atomic E-state index is 0.663. The molecule has 1 aliphatic rings. The predicted molar refractivity (Wildman–Crippen MR) is 81.9 cm³/mol. The topological polar surface area (TPSA) is 55.6 Å². The second-order valence-electron chi connectivity index (χ2n) is 5.78. The minimum Gasteiger partial charge on any atom is -0.315 e. The predicted octanol–water partition coefficient (Wildman–Crippen LogP) is 1.90. The largest absolute Gasteiger partial charge is 0.315 e. The SMILES string of the molecule is CCc1nnc2n1C[C@H](CNCc1cccnc1C)CC2. The maximum atomic E-state index is 4.33. The van der Waals surface area contributed by atoms with Crippen molar-refractivity contribution in [3.63, 3.8) is 0 Å². The van der Waals surface area contributed by atoms with Crippen LogP contribution in [0.5, 0.6) is 0 Å². The molecule has 2 aromatic rings. The van der Waals surface area contributed by atoms with Crippen molar-refractivity contribution in [2.24, 2.45) is 5.92 Å². The Morgan fingerprint density at radius 3 is 3.10 bits per heavy atom. The lowest BCUT2D eigenvalue weighted by molar-refractivity contribution is 0.342. The lowest BCUT2D eigenvalue weighted by Gasteiger charge is -2.24. The average Bonchev–Trinajstić information content (AvgIpc) is 2.91. The fourth-order valence-corrected chi connectivity index (χ4v) is 2.99. The Kier molecular flexibility index (Phi) is 4.29. The molecule has 0 bridgehead atoms. The zero-order valence-corrected chi connectivity index (χ0v) is 12.8. The van der Waals surface area contributed by atoms with Crippen molar-refractivity contribution >= 4 is 0 Å². The van der Waals surface area contributed by atoms with Gasteiger partial charge in [-0.25, -0.2) is 0 Å². The Balaban J connectivity index is 1.54. The fraction of sp³-hybridized carbons (Fsp3) is 0.562. The summed E-state index contributed by atoms with van der Waals surface area (Å²) < 4.78 is 2.31. The molecule has 3 rings (SSSR count). The van der Waals surface area contributed by atoms with E-state index in [1.807, 2.05) is 12.3 Å². The Hall–Kier alpha value is -1.75. The van der Waals surface area contributed by atoms with Gasteiger partial charge in [-0.3, -0.25) is 4.98 Å². The number of aromatic nitrogens is 4. The molecule has 0 fully saturated rings. The van der Waals surface area contributed by atoms with Crippen LogP contribution in [0.15, 0.2) is 18.3 Å². The van der Waals surface area contributed by atoms with Crippen molar-refractivity contribution in [1.82, 2.24) is 25.1 Å². The molecular weight excluding hydrogens is 262 g/mol. The molecule has 0 saturated heterocycles. The van der Waals surface area contributed by atoms with Crippen LogP contribution >= 0.6 is 0 Å². The quantitative estimate of drug-likeness (QED) is 0.911. The standard InChI is InChI=1S/C16H23N5/c1-3-15-19-20-16-7-6-13(11-21(15)16)9-17-10-14-5-4-8-18-12(14)2/h4-5,8,13,17H,3,6-7,9-11H2,1-2H3/t13-/m0/s1. The van der Waals surface area contributed by atoms with Crippen LogP contribution in [0, 0.1) is 12.8 Å². The Labute approximate surface area is 125 Å². The molecule has 0 amide bonds. The van der Waals surface area contributed by atoms with Crippen molar-refractivity contribution in [2.45, 2.75) is 46.2 Å². The van der Waals surface area contributed by atoms with Gasteiger partial charge in [-0.05, 0) is 37.4 Å². The van der Waals surface area contributed by atoms with Gasteiger partial charge in [0.25, 0.3) is 0 Å². The lowest BCUT2D eigenvalue weighted by atomic mass is 9.99. The molecule has 0 aliphatic carbocycles. The lowest BCUT2D eigenvalue weighted by Crippen LogP contribution is -2.30. The molecular formula is C16H23N5. The van der Waals surface area contributed by atoms with Gasteiger partial charge in [0.15, 0.2) is 0 Å². The van der Waals surface area contributed by atoms with Crippen LogP contribution in [0.1, 0.15) is 36.3 Å². The van der Waals surface area contributed by atoms with E-state index in [0.29, 0.717) is 5.92 Å². The molecule has 0 saturated carbocycles. The van der Waals surface area contributed by atoms with E-state index in [1.54, 1.807) is 0 Å². The highest BCUT2D eigenvalue weighted by Gasteiger charge is 2.21. The summed E-state index contributed by atoms with van der Waals surface area (Å²) in [6.07, 6.45) is 5.05. The average molecular weight is 285 g/mol. The highest BCUT2D eigenvalue weighted by molar-refractivity contribution is 5.17. The molecule has 5 heteroatoms. The number of aryl methyl sites for hydroxylation is 3. The third-order valence-corrected chi connectivity index (χ3v) is 4.30. The molecule has 112 valence electrons. The molecule has 21 heavy (non-hydrogen) atoms. The number of nitrogens with zero attached hydrogens (tertiary/aromatic N) is 4. The Bertz CT molecular complexity index is 591. The molecule has 0 aromatic carbocycles.